The van der Waals surface area contributed by atoms with Crippen molar-refractivity contribution >= 4 is 11.5 Å². The van der Waals surface area contributed by atoms with Crippen molar-refractivity contribution < 1.29 is 13.2 Å². The summed E-state index contributed by atoms with van der Waals surface area (Å²) in [6.07, 6.45) is 0.409. The van der Waals surface area contributed by atoms with Gasteiger partial charge in [-0.05, 0) is 26.0 Å². The van der Waals surface area contributed by atoms with Gasteiger partial charge in [-0.2, -0.15) is 18.3 Å². The highest BCUT2D eigenvalue weighted by molar-refractivity contribution is 5.67. The van der Waals surface area contributed by atoms with Gasteiger partial charge in [-0.1, -0.05) is 18.2 Å². The van der Waals surface area contributed by atoms with Crippen LogP contribution in [0, 0.1) is 13.8 Å². The number of halogens is 3. The molecule has 3 heterocycles. The lowest BCUT2D eigenvalue weighted by Crippen LogP contribution is -2.08. The van der Waals surface area contributed by atoms with Crippen molar-refractivity contribution in [3.8, 4) is 11.3 Å². The number of benzene rings is 1. The lowest BCUT2D eigenvalue weighted by Gasteiger charge is -2.12. The molecule has 0 fully saturated rings. The van der Waals surface area contributed by atoms with Crippen LogP contribution in [0.5, 0.6) is 0 Å². The van der Waals surface area contributed by atoms with E-state index in [2.05, 4.69) is 25.4 Å². The lowest BCUT2D eigenvalue weighted by atomic mass is 10.0. The molecule has 0 radical (unpaired) electrons. The van der Waals surface area contributed by atoms with E-state index in [0.29, 0.717) is 18.0 Å². The molecule has 4 aromatic rings. The van der Waals surface area contributed by atoms with Crippen molar-refractivity contribution in [3.63, 3.8) is 0 Å². The van der Waals surface area contributed by atoms with Crippen molar-refractivity contribution in [3.05, 3.63) is 71.4 Å². The van der Waals surface area contributed by atoms with Crippen LogP contribution in [0.25, 0.3) is 16.9 Å². The summed E-state index contributed by atoms with van der Waals surface area (Å²) in [6, 6.07) is 6.95. The number of aryl methyl sites for hydroxylation is 2. The minimum atomic E-state index is -4.46. The minimum absolute atomic E-state index is 0.0322. The van der Waals surface area contributed by atoms with Crippen LogP contribution in [0.1, 0.15) is 22.5 Å². The fraction of sp³-hybridized carbons (Fsp3) is 0.200. The molecule has 0 spiro atoms. The van der Waals surface area contributed by atoms with E-state index < -0.39 is 11.7 Å². The highest BCUT2D eigenvalue weighted by atomic mass is 19.4. The molecule has 0 saturated heterocycles. The van der Waals surface area contributed by atoms with Gasteiger partial charge in [0.15, 0.2) is 5.65 Å². The van der Waals surface area contributed by atoms with Crippen molar-refractivity contribution in [1.82, 2.24) is 24.6 Å². The van der Waals surface area contributed by atoms with Crippen LogP contribution in [-0.2, 0) is 12.7 Å². The molecule has 1 aromatic carbocycles. The molecule has 0 amide bonds. The smallest absolute Gasteiger partial charge is 0.364 e. The molecule has 29 heavy (non-hydrogen) atoms. The number of fused-ring (bicyclic) bond motifs is 1. The van der Waals surface area contributed by atoms with E-state index in [9.17, 15) is 13.2 Å². The Balaban J connectivity index is 1.74. The largest absolute Gasteiger partial charge is 0.417 e. The van der Waals surface area contributed by atoms with Crippen LogP contribution in [0.2, 0.25) is 0 Å². The fourth-order valence-electron chi connectivity index (χ4n) is 3.12. The number of rotatable bonds is 4. The lowest BCUT2D eigenvalue weighted by molar-refractivity contribution is -0.137. The standard InChI is InChI=1S/C20H17F3N6/c1-12-9-24-11-18(26-12)25-10-15-13(2)28-29-8-7-17(27-19(15)29)14-5-3-4-6-16(14)20(21,22)23/h3-9,11H,10H2,1-2H3,(H,25,26). The molecule has 0 bridgehead atoms. The van der Waals surface area contributed by atoms with Gasteiger partial charge in [-0.25, -0.2) is 14.5 Å². The first kappa shape index (κ1) is 18.9. The Bertz CT molecular complexity index is 1180. The average Bonchev–Trinajstić information content (AvgIpc) is 3.00. The quantitative estimate of drug-likeness (QED) is 0.551. The topological polar surface area (TPSA) is 68.0 Å². The van der Waals surface area contributed by atoms with E-state index >= 15 is 0 Å². The molecule has 9 heteroatoms. The summed E-state index contributed by atoms with van der Waals surface area (Å²) >= 11 is 0. The SMILES string of the molecule is Cc1cncc(NCc2c(C)nn3ccc(-c4ccccc4C(F)(F)F)nc23)n1. The third-order valence-electron chi connectivity index (χ3n) is 4.49. The van der Waals surface area contributed by atoms with Gasteiger partial charge in [0.25, 0.3) is 0 Å². The Kier molecular flexibility index (Phi) is 4.65. The molecule has 0 aliphatic rings. The number of alkyl halides is 3. The summed E-state index contributed by atoms with van der Waals surface area (Å²) in [5.74, 6) is 0.599. The first-order valence-corrected chi connectivity index (χ1v) is 8.87. The van der Waals surface area contributed by atoms with Gasteiger partial charge < -0.3 is 5.32 Å². The van der Waals surface area contributed by atoms with Gasteiger partial charge in [-0.15, -0.1) is 0 Å². The monoisotopic (exact) mass is 398 g/mol. The molecule has 0 unspecified atom stereocenters. The zero-order valence-corrected chi connectivity index (χ0v) is 15.7. The van der Waals surface area contributed by atoms with Crippen LogP contribution in [-0.4, -0.2) is 24.6 Å². The predicted molar refractivity (Wildman–Crippen MR) is 102 cm³/mol. The maximum Gasteiger partial charge on any atom is 0.417 e. The number of aromatic nitrogens is 5. The Hall–Kier alpha value is -3.49. The second-order valence-electron chi connectivity index (χ2n) is 6.59. The summed E-state index contributed by atoms with van der Waals surface area (Å²) < 4.78 is 41.8. The molecule has 3 aromatic heterocycles. The molecule has 0 atom stereocenters. The van der Waals surface area contributed by atoms with E-state index in [-0.39, 0.29) is 11.3 Å². The van der Waals surface area contributed by atoms with Gasteiger partial charge in [0, 0.05) is 30.1 Å². The number of nitrogens with one attached hydrogen (secondary N) is 1. The maximum atomic E-state index is 13.4. The Morgan fingerprint density at radius 2 is 1.83 bits per heavy atom. The van der Waals surface area contributed by atoms with Crippen molar-refractivity contribution in [2.24, 2.45) is 0 Å². The normalized spacial score (nSPS) is 11.8. The van der Waals surface area contributed by atoms with E-state index in [0.717, 1.165) is 23.0 Å². The number of anilines is 1. The van der Waals surface area contributed by atoms with Crippen LogP contribution in [0.3, 0.4) is 0 Å². The molecular formula is C20H17F3N6. The van der Waals surface area contributed by atoms with Gasteiger partial charge >= 0.3 is 6.18 Å². The highest BCUT2D eigenvalue weighted by Gasteiger charge is 2.33. The predicted octanol–water partition coefficient (Wildman–Crippen LogP) is 4.43. The maximum absolute atomic E-state index is 13.4. The Labute approximate surface area is 164 Å². The summed E-state index contributed by atoms with van der Waals surface area (Å²) in [7, 11) is 0. The van der Waals surface area contributed by atoms with Crippen LogP contribution in [0.4, 0.5) is 19.0 Å². The first-order valence-electron chi connectivity index (χ1n) is 8.87. The molecule has 1 N–H and O–H groups in total. The minimum Gasteiger partial charge on any atom is -0.364 e. The molecule has 0 aliphatic heterocycles. The third-order valence-corrected chi connectivity index (χ3v) is 4.49. The highest BCUT2D eigenvalue weighted by Crippen LogP contribution is 2.36. The van der Waals surface area contributed by atoms with Gasteiger partial charge in [0.05, 0.1) is 28.8 Å². The zero-order chi connectivity index (χ0) is 20.6. The molecule has 6 nitrogen and oxygen atoms in total. The van der Waals surface area contributed by atoms with E-state index in [1.807, 2.05) is 13.8 Å². The molecule has 148 valence electrons. The summed E-state index contributed by atoms with van der Waals surface area (Å²) in [6.45, 7) is 4.03. The van der Waals surface area contributed by atoms with E-state index in [1.54, 1.807) is 29.2 Å². The zero-order valence-electron chi connectivity index (χ0n) is 15.7. The number of nitrogens with zero attached hydrogens (tertiary/aromatic N) is 5. The second-order valence-corrected chi connectivity index (χ2v) is 6.59. The number of hydrogen-bond donors (Lipinski definition) is 1. The Morgan fingerprint density at radius 3 is 2.59 bits per heavy atom. The fourth-order valence-corrected chi connectivity index (χ4v) is 3.12. The van der Waals surface area contributed by atoms with E-state index in [4.69, 9.17) is 0 Å². The van der Waals surface area contributed by atoms with Crippen LogP contribution >= 0.6 is 0 Å². The number of hydrogen-bond acceptors (Lipinski definition) is 5. The molecule has 0 saturated carbocycles. The molecular weight excluding hydrogens is 381 g/mol. The van der Waals surface area contributed by atoms with Gasteiger partial charge in [0.1, 0.15) is 5.82 Å². The Morgan fingerprint density at radius 1 is 1.03 bits per heavy atom. The molecule has 4 rings (SSSR count). The first-order chi connectivity index (χ1) is 13.8. The van der Waals surface area contributed by atoms with Crippen molar-refractivity contribution in [2.45, 2.75) is 26.6 Å². The van der Waals surface area contributed by atoms with Crippen LogP contribution in [0.15, 0.2) is 48.9 Å². The second kappa shape index (κ2) is 7.16. The summed E-state index contributed by atoms with van der Waals surface area (Å²) in [5, 5.41) is 7.57. The van der Waals surface area contributed by atoms with E-state index in [1.165, 1.54) is 18.2 Å². The summed E-state index contributed by atoms with van der Waals surface area (Å²) in [5.41, 5.74) is 2.32. The van der Waals surface area contributed by atoms with Crippen LogP contribution < -0.4 is 5.32 Å². The van der Waals surface area contributed by atoms with Crippen molar-refractivity contribution in [1.29, 1.82) is 0 Å². The van der Waals surface area contributed by atoms with Gasteiger partial charge in [-0.3, -0.25) is 4.98 Å². The average molecular weight is 398 g/mol. The van der Waals surface area contributed by atoms with Crippen molar-refractivity contribution in [2.75, 3.05) is 5.32 Å². The molecule has 0 aliphatic carbocycles. The third kappa shape index (κ3) is 3.75. The van der Waals surface area contributed by atoms with Gasteiger partial charge in [0.2, 0.25) is 0 Å². The summed E-state index contributed by atoms with van der Waals surface area (Å²) in [4.78, 5) is 12.9.